The normalized spacial score (nSPS) is 14.1. The third kappa shape index (κ3) is 2.63. The quantitative estimate of drug-likeness (QED) is 0.798. The summed E-state index contributed by atoms with van der Waals surface area (Å²) in [5.41, 5.74) is 1.99. The zero-order valence-corrected chi connectivity index (χ0v) is 10.8. The van der Waals surface area contributed by atoms with E-state index in [2.05, 4.69) is 17.2 Å². The van der Waals surface area contributed by atoms with Crippen LogP contribution in [0, 0.1) is 0 Å². The molecule has 1 heterocycles. The van der Waals surface area contributed by atoms with Crippen molar-refractivity contribution in [2.75, 3.05) is 6.54 Å². The minimum absolute atomic E-state index is 0.0857. The van der Waals surface area contributed by atoms with Crippen LogP contribution < -0.4 is 10.7 Å². The van der Waals surface area contributed by atoms with E-state index in [9.17, 15) is 9.59 Å². The number of hydrogen-bond donors (Lipinski definition) is 2. The SMILES string of the molecule is CCCCNC(=O)c1c[nH]c2c(c1=O)CCCC2. The highest BCUT2D eigenvalue weighted by atomic mass is 16.2. The fourth-order valence-electron chi connectivity index (χ4n) is 2.35. The van der Waals surface area contributed by atoms with Crippen molar-refractivity contribution in [3.05, 3.63) is 33.2 Å². The number of pyridine rings is 1. The second kappa shape index (κ2) is 5.85. The van der Waals surface area contributed by atoms with Gasteiger partial charge >= 0.3 is 0 Å². The van der Waals surface area contributed by atoms with E-state index < -0.39 is 0 Å². The van der Waals surface area contributed by atoms with Crippen LogP contribution >= 0.6 is 0 Å². The number of amides is 1. The first-order valence-electron chi connectivity index (χ1n) is 6.75. The second-order valence-electron chi connectivity index (χ2n) is 4.81. The number of aryl methyl sites for hydroxylation is 1. The molecule has 1 aliphatic carbocycles. The summed E-state index contributed by atoms with van der Waals surface area (Å²) in [5.74, 6) is -0.252. The van der Waals surface area contributed by atoms with Crippen LogP contribution in [0.1, 0.15) is 54.2 Å². The average Bonchev–Trinajstić information content (AvgIpc) is 2.39. The lowest BCUT2D eigenvalue weighted by atomic mass is 9.94. The summed E-state index contributed by atoms with van der Waals surface area (Å²) in [4.78, 5) is 27.2. The van der Waals surface area contributed by atoms with Crippen molar-refractivity contribution in [1.29, 1.82) is 0 Å². The Balaban J connectivity index is 2.19. The molecule has 0 aromatic carbocycles. The van der Waals surface area contributed by atoms with Crippen molar-refractivity contribution in [3.63, 3.8) is 0 Å². The number of unbranched alkanes of at least 4 members (excludes halogenated alkanes) is 1. The Labute approximate surface area is 107 Å². The molecule has 0 aliphatic heterocycles. The molecule has 1 aromatic heterocycles. The van der Waals surface area contributed by atoms with E-state index in [0.29, 0.717) is 6.54 Å². The minimum atomic E-state index is -0.252. The molecule has 4 heteroatoms. The first-order valence-corrected chi connectivity index (χ1v) is 6.75. The van der Waals surface area contributed by atoms with Gasteiger partial charge in [0.05, 0.1) is 0 Å². The largest absolute Gasteiger partial charge is 0.364 e. The molecule has 0 unspecified atom stereocenters. The summed E-state index contributed by atoms with van der Waals surface area (Å²) < 4.78 is 0. The highest BCUT2D eigenvalue weighted by molar-refractivity contribution is 5.94. The lowest BCUT2D eigenvalue weighted by Crippen LogP contribution is -2.32. The predicted molar refractivity (Wildman–Crippen MR) is 70.9 cm³/mol. The molecule has 1 aromatic rings. The van der Waals surface area contributed by atoms with Gasteiger partial charge in [0.1, 0.15) is 5.56 Å². The molecular formula is C14H20N2O2. The lowest BCUT2D eigenvalue weighted by Gasteiger charge is -2.15. The molecule has 18 heavy (non-hydrogen) atoms. The van der Waals surface area contributed by atoms with Crippen molar-refractivity contribution >= 4 is 5.91 Å². The molecule has 0 spiro atoms. The number of hydrogen-bond acceptors (Lipinski definition) is 2. The maximum Gasteiger partial charge on any atom is 0.256 e. The smallest absolute Gasteiger partial charge is 0.256 e. The van der Waals surface area contributed by atoms with Crippen LogP contribution in [-0.2, 0) is 12.8 Å². The van der Waals surface area contributed by atoms with E-state index in [1.165, 1.54) is 0 Å². The molecule has 0 fully saturated rings. The second-order valence-corrected chi connectivity index (χ2v) is 4.81. The Morgan fingerprint density at radius 2 is 2.17 bits per heavy atom. The van der Waals surface area contributed by atoms with Crippen molar-refractivity contribution in [2.24, 2.45) is 0 Å². The van der Waals surface area contributed by atoms with E-state index in [1.54, 1.807) is 6.20 Å². The zero-order valence-electron chi connectivity index (χ0n) is 10.8. The third-order valence-corrected chi connectivity index (χ3v) is 3.44. The van der Waals surface area contributed by atoms with Crippen molar-refractivity contribution in [3.8, 4) is 0 Å². The minimum Gasteiger partial charge on any atom is -0.364 e. The Hall–Kier alpha value is -1.58. The molecule has 2 rings (SSSR count). The number of H-pyrrole nitrogens is 1. The Bertz CT molecular complexity index is 491. The van der Waals surface area contributed by atoms with Crippen LogP contribution in [0.4, 0.5) is 0 Å². The molecule has 0 saturated carbocycles. The topological polar surface area (TPSA) is 62.0 Å². The maximum atomic E-state index is 12.2. The van der Waals surface area contributed by atoms with Gasteiger partial charge in [-0.15, -0.1) is 0 Å². The van der Waals surface area contributed by atoms with Gasteiger partial charge in [-0.05, 0) is 32.1 Å². The number of aromatic nitrogens is 1. The lowest BCUT2D eigenvalue weighted by molar-refractivity contribution is 0.0951. The summed E-state index contributed by atoms with van der Waals surface area (Å²) >= 11 is 0. The van der Waals surface area contributed by atoms with E-state index in [4.69, 9.17) is 0 Å². The van der Waals surface area contributed by atoms with Crippen LogP contribution in [0.25, 0.3) is 0 Å². The van der Waals surface area contributed by atoms with Crippen LogP contribution in [0.5, 0.6) is 0 Å². The van der Waals surface area contributed by atoms with E-state index in [1.807, 2.05) is 0 Å². The molecular weight excluding hydrogens is 228 g/mol. The number of aromatic amines is 1. The monoisotopic (exact) mass is 248 g/mol. The van der Waals surface area contributed by atoms with Crippen molar-refractivity contribution in [2.45, 2.75) is 45.4 Å². The number of carbonyl (C=O) groups excluding carboxylic acids is 1. The molecule has 4 nitrogen and oxygen atoms in total. The van der Waals surface area contributed by atoms with Crippen LogP contribution in [-0.4, -0.2) is 17.4 Å². The summed E-state index contributed by atoms with van der Waals surface area (Å²) in [5, 5.41) is 2.79. The molecule has 0 radical (unpaired) electrons. The first-order chi connectivity index (χ1) is 8.74. The summed E-state index contributed by atoms with van der Waals surface area (Å²) in [6, 6.07) is 0. The van der Waals surface area contributed by atoms with Gasteiger partial charge in [0, 0.05) is 24.0 Å². The fourth-order valence-corrected chi connectivity index (χ4v) is 2.35. The van der Waals surface area contributed by atoms with Gasteiger partial charge in [0.2, 0.25) is 0 Å². The van der Waals surface area contributed by atoms with Crippen LogP contribution in [0.2, 0.25) is 0 Å². The van der Waals surface area contributed by atoms with Gasteiger partial charge < -0.3 is 10.3 Å². The molecule has 1 amide bonds. The molecule has 2 N–H and O–H groups in total. The van der Waals surface area contributed by atoms with Gasteiger partial charge in [0.15, 0.2) is 5.43 Å². The summed E-state index contributed by atoms with van der Waals surface area (Å²) in [7, 11) is 0. The van der Waals surface area contributed by atoms with Crippen LogP contribution in [0.3, 0.4) is 0 Å². The molecule has 0 saturated heterocycles. The van der Waals surface area contributed by atoms with Crippen molar-refractivity contribution in [1.82, 2.24) is 10.3 Å². The van der Waals surface area contributed by atoms with Crippen molar-refractivity contribution < 1.29 is 4.79 Å². The molecule has 1 aliphatic rings. The highest BCUT2D eigenvalue weighted by Gasteiger charge is 2.18. The number of rotatable bonds is 4. The number of fused-ring (bicyclic) bond motifs is 1. The van der Waals surface area contributed by atoms with Crippen LogP contribution in [0.15, 0.2) is 11.0 Å². The summed E-state index contributed by atoms with van der Waals surface area (Å²) in [6.45, 7) is 2.70. The molecule has 98 valence electrons. The van der Waals surface area contributed by atoms with Gasteiger partial charge in [-0.3, -0.25) is 9.59 Å². The van der Waals surface area contributed by atoms with Gasteiger partial charge in [-0.1, -0.05) is 13.3 Å². The standard InChI is InChI=1S/C14H20N2O2/c1-2-3-8-15-14(18)11-9-16-12-7-5-4-6-10(12)13(11)17/h9H,2-8H2,1H3,(H,15,18)(H,16,17). The Morgan fingerprint density at radius 3 is 2.94 bits per heavy atom. The van der Waals surface area contributed by atoms with Gasteiger partial charge in [-0.25, -0.2) is 0 Å². The fraction of sp³-hybridized carbons (Fsp3) is 0.571. The third-order valence-electron chi connectivity index (χ3n) is 3.44. The first kappa shape index (κ1) is 12.9. The van der Waals surface area contributed by atoms with E-state index in [0.717, 1.165) is 49.8 Å². The van der Waals surface area contributed by atoms with E-state index >= 15 is 0 Å². The summed E-state index contributed by atoms with van der Waals surface area (Å²) in [6.07, 6.45) is 7.40. The molecule has 0 atom stereocenters. The number of nitrogens with one attached hydrogen (secondary N) is 2. The van der Waals surface area contributed by atoms with E-state index in [-0.39, 0.29) is 16.9 Å². The average molecular weight is 248 g/mol. The molecule has 0 bridgehead atoms. The Morgan fingerprint density at radius 1 is 1.39 bits per heavy atom. The van der Waals surface area contributed by atoms with Gasteiger partial charge in [-0.2, -0.15) is 0 Å². The highest BCUT2D eigenvalue weighted by Crippen LogP contribution is 2.16. The number of carbonyl (C=O) groups is 1. The van der Waals surface area contributed by atoms with Gasteiger partial charge in [0.25, 0.3) is 5.91 Å². The zero-order chi connectivity index (χ0) is 13.0. The maximum absolute atomic E-state index is 12.2. The predicted octanol–water partition coefficient (Wildman–Crippen LogP) is 1.78. The Kier molecular flexibility index (Phi) is 4.18.